The molecule has 19 heavy (non-hydrogen) atoms. The number of fused-ring (bicyclic) bond motifs is 2. The van der Waals surface area contributed by atoms with Gasteiger partial charge in [0, 0.05) is 22.6 Å². The second-order valence-corrected chi connectivity index (χ2v) is 7.09. The lowest BCUT2D eigenvalue weighted by Gasteiger charge is -2.28. The minimum absolute atomic E-state index is 0.585. The number of hydrogen-bond donors (Lipinski definition) is 1. The average molecular weight is 298 g/mol. The van der Waals surface area contributed by atoms with Crippen LogP contribution in [-0.4, -0.2) is 6.04 Å². The van der Waals surface area contributed by atoms with Gasteiger partial charge in [-0.25, -0.2) is 0 Å². The summed E-state index contributed by atoms with van der Waals surface area (Å²) in [7, 11) is 0. The van der Waals surface area contributed by atoms with Gasteiger partial charge in [-0.3, -0.25) is 0 Å². The van der Waals surface area contributed by atoms with E-state index in [-0.39, 0.29) is 0 Å². The molecule has 104 valence electrons. The van der Waals surface area contributed by atoms with Crippen LogP contribution >= 0.6 is 23.2 Å². The lowest BCUT2D eigenvalue weighted by molar-refractivity contribution is 0.259. The molecular weight excluding hydrogens is 277 g/mol. The molecule has 2 aliphatic rings. The van der Waals surface area contributed by atoms with Crippen molar-refractivity contribution in [2.24, 2.45) is 17.8 Å². The van der Waals surface area contributed by atoms with E-state index < -0.39 is 0 Å². The Morgan fingerprint density at radius 3 is 2.74 bits per heavy atom. The molecule has 0 aromatic heterocycles. The van der Waals surface area contributed by atoms with E-state index in [1.54, 1.807) is 0 Å². The van der Waals surface area contributed by atoms with Crippen molar-refractivity contribution in [1.29, 1.82) is 0 Å². The summed E-state index contributed by atoms with van der Waals surface area (Å²) in [5.41, 5.74) is 1.14. The molecule has 1 aromatic carbocycles. The van der Waals surface area contributed by atoms with E-state index in [0.29, 0.717) is 11.1 Å². The number of halogens is 2. The molecule has 4 unspecified atom stereocenters. The Kier molecular flexibility index (Phi) is 4.07. The smallest absolute Gasteiger partial charge is 0.0465 e. The summed E-state index contributed by atoms with van der Waals surface area (Å²) < 4.78 is 0. The molecule has 0 radical (unpaired) electrons. The molecule has 2 aliphatic carbocycles. The minimum Gasteiger partial charge on any atom is -0.310 e. The van der Waals surface area contributed by atoms with Gasteiger partial charge in [-0.2, -0.15) is 0 Å². The standard InChI is InChI=1S/C16H21Cl2N/c1-10(15-7-11-2-3-12(15)6-11)19-9-13-4-5-14(17)8-16(13)18/h4-5,8,10-12,15,19H,2-3,6-7,9H2,1H3. The van der Waals surface area contributed by atoms with Gasteiger partial charge in [0.1, 0.15) is 0 Å². The zero-order valence-corrected chi connectivity index (χ0v) is 12.8. The first-order valence-electron chi connectivity index (χ1n) is 7.31. The Morgan fingerprint density at radius 2 is 2.11 bits per heavy atom. The molecule has 2 bridgehead atoms. The Morgan fingerprint density at radius 1 is 1.26 bits per heavy atom. The predicted molar refractivity (Wildman–Crippen MR) is 81.7 cm³/mol. The molecule has 3 heteroatoms. The fourth-order valence-electron chi connectivity index (χ4n) is 3.99. The quantitative estimate of drug-likeness (QED) is 0.833. The van der Waals surface area contributed by atoms with Crippen molar-refractivity contribution in [1.82, 2.24) is 5.32 Å². The normalized spacial score (nSPS) is 30.8. The fraction of sp³-hybridized carbons (Fsp3) is 0.625. The molecule has 2 saturated carbocycles. The van der Waals surface area contributed by atoms with Crippen LogP contribution in [0.15, 0.2) is 18.2 Å². The van der Waals surface area contributed by atoms with Crippen molar-refractivity contribution >= 4 is 23.2 Å². The minimum atomic E-state index is 0.585. The molecule has 0 amide bonds. The van der Waals surface area contributed by atoms with Gasteiger partial charge < -0.3 is 5.32 Å². The lowest BCUT2D eigenvalue weighted by Crippen LogP contribution is -2.35. The highest BCUT2D eigenvalue weighted by molar-refractivity contribution is 6.35. The largest absolute Gasteiger partial charge is 0.310 e. The van der Waals surface area contributed by atoms with Gasteiger partial charge in [-0.1, -0.05) is 35.7 Å². The summed E-state index contributed by atoms with van der Waals surface area (Å²) in [6.07, 6.45) is 5.81. The number of rotatable bonds is 4. The molecular formula is C16H21Cl2N. The zero-order valence-electron chi connectivity index (χ0n) is 11.3. The van der Waals surface area contributed by atoms with Crippen LogP contribution in [-0.2, 0) is 6.54 Å². The van der Waals surface area contributed by atoms with E-state index in [0.717, 1.165) is 34.9 Å². The van der Waals surface area contributed by atoms with E-state index in [1.165, 1.54) is 25.7 Å². The second-order valence-electron chi connectivity index (χ2n) is 6.24. The molecule has 3 rings (SSSR count). The SMILES string of the molecule is CC(NCc1ccc(Cl)cc1Cl)C1CC2CCC1C2. The third-order valence-electron chi connectivity index (χ3n) is 5.06. The predicted octanol–water partition coefficient (Wildman–Crippen LogP) is 4.91. The maximum Gasteiger partial charge on any atom is 0.0465 e. The van der Waals surface area contributed by atoms with Gasteiger partial charge in [0.15, 0.2) is 0 Å². The Balaban J connectivity index is 1.57. The van der Waals surface area contributed by atoms with Crippen molar-refractivity contribution in [3.63, 3.8) is 0 Å². The van der Waals surface area contributed by atoms with E-state index in [1.807, 2.05) is 18.2 Å². The topological polar surface area (TPSA) is 12.0 Å². The molecule has 1 N–H and O–H groups in total. The van der Waals surface area contributed by atoms with Gasteiger partial charge in [-0.15, -0.1) is 0 Å². The molecule has 0 aliphatic heterocycles. The molecule has 4 atom stereocenters. The van der Waals surface area contributed by atoms with E-state index in [2.05, 4.69) is 12.2 Å². The monoisotopic (exact) mass is 297 g/mol. The van der Waals surface area contributed by atoms with Crippen LogP contribution in [0, 0.1) is 17.8 Å². The van der Waals surface area contributed by atoms with Gasteiger partial charge in [-0.05, 0) is 61.6 Å². The summed E-state index contributed by atoms with van der Waals surface area (Å²) in [5.74, 6) is 2.84. The van der Waals surface area contributed by atoms with E-state index in [4.69, 9.17) is 23.2 Å². The van der Waals surface area contributed by atoms with Gasteiger partial charge >= 0.3 is 0 Å². The zero-order chi connectivity index (χ0) is 13.4. The molecule has 0 heterocycles. The number of benzene rings is 1. The Labute approximate surface area is 125 Å². The molecule has 0 spiro atoms. The maximum atomic E-state index is 6.21. The Hall–Kier alpha value is -0.240. The van der Waals surface area contributed by atoms with Crippen molar-refractivity contribution in [3.05, 3.63) is 33.8 Å². The second kappa shape index (κ2) is 5.63. The summed E-state index contributed by atoms with van der Waals surface area (Å²) >= 11 is 12.1. The molecule has 1 aromatic rings. The molecule has 2 fully saturated rings. The van der Waals surface area contributed by atoms with Crippen LogP contribution in [0.1, 0.15) is 38.2 Å². The highest BCUT2D eigenvalue weighted by Crippen LogP contribution is 2.49. The van der Waals surface area contributed by atoms with Crippen molar-refractivity contribution < 1.29 is 0 Å². The van der Waals surface area contributed by atoms with Crippen molar-refractivity contribution in [2.45, 2.75) is 45.2 Å². The number of nitrogens with one attached hydrogen (secondary N) is 1. The van der Waals surface area contributed by atoms with Crippen LogP contribution in [0.25, 0.3) is 0 Å². The average Bonchev–Trinajstić information content (AvgIpc) is 2.99. The van der Waals surface area contributed by atoms with Crippen LogP contribution in [0.3, 0.4) is 0 Å². The van der Waals surface area contributed by atoms with Crippen LogP contribution in [0.4, 0.5) is 0 Å². The summed E-state index contributed by atoms with van der Waals surface area (Å²) in [6, 6.07) is 6.34. The molecule has 0 saturated heterocycles. The highest BCUT2D eigenvalue weighted by atomic mass is 35.5. The van der Waals surface area contributed by atoms with Crippen LogP contribution < -0.4 is 5.32 Å². The maximum absolute atomic E-state index is 6.21. The third kappa shape index (κ3) is 2.94. The highest BCUT2D eigenvalue weighted by Gasteiger charge is 2.41. The van der Waals surface area contributed by atoms with Crippen LogP contribution in [0.2, 0.25) is 10.0 Å². The first-order valence-corrected chi connectivity index (χ1v) is 8.06. The van der Waals surface area contributed by atoms with Gasteiger partial charge in [0.2, 0.25) is 0 Å². The van der Waals surface area contributed by atoms with E-state index >= 15 is 0 Å². The Bertz CT molecular complexity index is 460. The summed E-state index contributed by atoms with van der Waals surface area (Å²) in [4.78, 5) is 0. The lowest BCUT2D eigenvalue weighted by atomic mass is 9.84. The summed E-state index contributed by atoms with van der Waals surface area (Å²) in [5, 5.41) is 5.13. The van der Waals surface area contributed by atoms with Gasteiger partial charge in [0.25, 0.3) is 0 Å². The number of hydrogen-bond acceptors (Lipinski definition) is 1. The first-order chi connectivity index (χ1) is 9.13. The van der Waals surface area contributed by atoms with Crippen molar-refractivity contribution in [3.8, 4) is 0 Å². The van der Waals surface area contributed by atoms with Crippen molar-refractivity contribution in [2.75, 3.05) is 0 Å². The fourth-order valence-corrected chi connectivity index (χ4v) is 4.47. The van der Waals surface area contributed by atoms with E-state index in [9.17, 15) is 0 Å². The van der Waals surface area contributed by atoms with Crippen LogP contribution in [0.5, 0.6) is 0 Å². The van der Waals surface area contributed by atoms with Gasteiger partial charge in [0.05, 0.1) is 0 Å². The first kappa shape index (κ1) is 13.7. The summed E-state index contributed by atoms with van der Waals surface area (Å²) in [6.45, 7) is 3.17. The third-order valence-corrected chi connectivity index (χ3v) is 5.65. The molecule has 1 nitrogen and oxygen atoms in total.